The number of nitrogens with zero attached hydrogens (tertiary/aromatic N) is 1. The highest BCUT2D eigenvalue weighted by Crippen LogP contribution is 2.20. The lowest BCUT2D eigenvalue weighted by Crippen LogP contribution is -2.12. The van der Waals surface area contributed by atoms with Crippen molar-refractivity contribution in [2.45, 2.75) is 12.8 Å². The second kappa shape index (κ2) is 7.68. The number of halogens is 1. The minimum absolute atomic E-state index is 0.163. The lowest BCUT2D eigenvalue weighted by Gasteiger charge is -2.05. The largest absolute Gasteiger partial charge is 0.494 e. The quantitative estimate of drug-likeness (QED) is 0.819. The van der Waals surface area contributed by atoms with Crippen molar-refractivity contribution < 1.29 is 23.5 Å². The van der Waals surface area contributed by atoms with Gasteiger partial charge in [0.15, 0.2) is 16.7 Å². The summed E-state index contributed by atoms with van der Waals surface area (Å²) in [6, 6.07) is 4.56. The molecule has 0 saturated carbocycles. The second-order valence-corrected chi connectivity index (χ2v) is 5.57. The second-order valence-electron chi connectivity index (χ2n) is 4.54. The van der Waals surface area contributed by atoms with E-state index < -0.39 is 11.8 Å². The van der Waals surface area contributed by atoms with E-state index in [2.05, 4.69) is 15.0 Å². The van der Waals surface area contributed by atoms with E-state index >= 15 is 0 Å². The van der Waals surface area contributed by atoms with Gasteiger partial charge in [0.2, 0.25) is 5.91 Å². The monoisotopic (exact) mass is 338 g/mol. The van der Waals surface area contributed by atoms with Crippen molar-refractivity contribution in [3.63, 3.8) is 0 Å². The molecule has 0 unspecified atom stereocenters. The van der Waals surface area contributed by atoms with Gasteiger partial charge >= 0.3 is 5.97 Å². The number of carbonyl (C=O) groups is 2. The molecule has 6 nitrogen and oxygen atoms in total. The zero-order chi connectivity index (χ0) is 16.8. The van der Waals surface area contributed by atoms with Gasteiger partial charge in [-0.1, -0.05) is 17.4 Å². The molecule has 0 fully saturated rings. The molecule has 1 N–H and O–H groups in total. The van der Waals surface area contributed by atoms with Gasteiger partial charge in [-0.25, -0.2) is 14.2 Å². The number of aryl methyl sites for hydroxylation is 1. The highest BCUT2D eigenvalue weighted by atomic mass is 32.1. The molecular formula is C15H15FN2O4S. The summed E-state index contributed by atoms with van der Waals surface area (Å²) in [7, 11) is 2.66. The summed E-state index contributed by atoms with van der Waals surface area (Å²) in [6.07, 6.45) is 1.88. The number of nitrogens with one attached hydrogen (secondary N) is 1. The van der Waals surface area contributed by atoms with Crippen LogP contribution < -0.4 is 10.1 Å². The van der Waals surface area contributed by atoms with Crippen LogP contribution in [0.15, 0.2) is 24.4 Å². The van der Waals surface area contributed by atoms with Crippen LogP contribution in [0.3, 0.4) is 0 Å². The van der Waals surface area contributed by atoms with Crippen LogP contribution in [-0.4, -0.2) is 31.1 Å². The molecule has 0 radical (unpaired) electrons. The van der Waals surface area contributed by atoms with Crippen molar-refractivity contribution in [3.05, 3.63) is 40.7 Å². The summed E-state index contributed by atoms with van der Waals surface area (Å²) in [5.41, 5.74) is 0.688. The molecular weight excluding hydrogens is 323 g/mol. The van der Waals surface area contributed by atoms with E-state index in [1.54, 1.807) is 6.07 Å². The van der Waals surface area contributed by atoms with Gasteiger partial charge in [-0.05, 0) is 24.1 Å². The number of esters is 1. The molecule has 23 heavy (non-hydrogen) atoms. The summed E-state index contributed by atoms with van der Waals surface area (Å²) >= 11 is 1.03. The standard InChI is InChI=1S/C15H15FN2O4S/c1-21-11-5-3-9(7-10(11)16)4-6-13(19)18-15-17-8-12(23-15)14(20)22-2/h3,5,7-8H,4,6H2,1-2H3,(H,17,18,19). The molecule has 0 saturated heterocycles. The third-order valence-electron chi connectivity index (χ3n) is 3.00. The summed E-state index contributed by atoms with van der Waals surface area (Å²) in [5.74, 6) is -1.08. The number of aromatic nitrogens is 1. The molecule has 8 heteroatoms. The van der Waals surface area contributed by atoms with Crippen LogP contribution in [0.25, 0.3) is 0 Å². The SMILES string of the molecule is COC(=O)c1cnc(NC(=O)CCc2ccc(OC)c(F)c2)s1. The average Bonchev–Trinajstić information content (AvgIpc) is 3.00. The number of hydrogen-bond acceptors (Lipinski definition) is 6. The molecule has 0 atom stereocenters. The van der Waals surface area contributed by atoms with E-state index in [0.29, 0.717) is 22.0 Å². The van der Waals surface area contributed by atoms with Crippen LogP contribution in [0, 0.1) is 5.82 Å². The molecule has 1 heterocycles. The van der Waals surface area contributed by atoms with Crippen molar-refractivity contribution in [1.82, 2.24) is 4.98 Å². The number of anilines is 1. The molecule has 0 aliphatic heterocycles. The first-order valence-corrected chi connectivity index (χ1v) is 7.51. The maximum Gasteiger partial charge on any atom is 0.349 e. The van der Waals surface area contributed by atoms with Gasteiger partial charge in [-0.3, -0.25) is 4.79 Å². The Kier molecular flexibility index (Phi) is 5.64. The number of amides is 1. The highest BCUT2D eigenvalue weighted by molar-refractivity contribution is 7.17. The predicted molar refractivity (Wildman–Crippen MR) is 83.4 cm³/mol. The summed E-state index contributed by atoms with van der Waals surface area (Å²) < 4.78 is 23.0. The van der Waals surface area contributed by atoms with E-state index in [9.17, 15) is 14.0 Å². The van der Waals surface area contributed by atoms with Crippen LogP contribution in [-0.2, 0) is 16.0 Å². The number of ether oxygens (including phenoxy) is 2. The number of thiazole rings is 1. The first kappa shape index (κ1) is 16.9. The molecule has 0 spiro atoms. The van der Waals surface area contributed by atoms with E-state index in [1.165, 1.54) is 32.5 Å². The summed E-state index contributed by atoms with van der Waals surface area (Å²) in [4.78, 5) is 27.4. The molecule has 0 aliphatic rings. The Hall–Kier alpha value is -2.48. The smallest absolute Gasteiger partial charge is 0.349 e. The van der Waals surface area contributed by atoms with Crippen LogP contribution >= 0.6 is 11.3 Å². The predicted octanol–water partition coefficient (Wildman–Crippen LogP) is 2.65. The molecule has 2 rings (SSSR count). The van der Waals surface area contributed by atoms with E-state index in [-0.39, 0.29) is 18.1 Å². The van der Waals surface area contributed by atoms with E-state index in [4.69, 9.17) is 4.74 Å². The molecule has 1 aromatic carbocycles. The minimum atomic E-state index is -0.503. The Labute approximate surface area is 136 Å². The Morgan fingerprint density at radius 2 is 2.13 bits per heavy atom. The van der Waals surface area contributed by atoms with Crippen molar-refractivity contribution in [2.75, 3.05) is 19.5 Å². The third-order valence-corrected chi connectivity index (χ3v) is 3.89. The molecule has 122 valence electrons. The maximum absolute atomic E-state index is 13.6. The first-order chi connectivity index (χ1) is 11.0. The lowest BCUT2D eigenvalue weighted by atomic mass is 10.1. The maximum atomic E-state index is 13.6. The van der Waals surface area contributed by atoms with E-state index in [1.807, 2.05) is 0 Å². The first-order valence-electron chi connectivity index (χ1n) is 6.70. The van der Waals surface area contributed by atoms with Gasteiger partial charge in [0.25, 0.3) is 0 Å². The van der Waals surface area contributed by atoms with Gasteiger partial charge in [0.05, 0.1) is 20.4 Å². The van der Waals surface area contributed by atoms with Gasteiger partial charge in [-0.15, -0.1) is 0 Å². The van der Waals surface area contributed by atoms with Crippen molar-refractivity contribution >= 4 is 28.3 Å². The van der Waals surface area contributed by atoms with Crippen molar-refractivity contribution in [3.8, 4) is 5.75 Å². The molecule has 0 bridgehead atoms. The number of benzene rings is 1. The lowest BCUT2D eigenvalue weighted by molar-refractivity contribution is -0.116. The van der Waals surface area contributed by atoms with Crippen LogP contribution in [0.4, 0.5) is 9.52 Å². The van der Waals surface area contributed by atoms with Crippen LogP contribution in [0.1, 0.15) is 21.7 Å². The van der Waals surface area contributed by atoms with Crippen molar-refractivity contribution in [2.24, 2.45) is 0 Å². The highest BCUT2D eigenvalue weighted by Gasteiger charge is 2.12. The van der Waals surface area contributed by atoms with Gasteiger partial charge in [0.1, 0.15) is 4.88 Å². The fourth-order valence-corrected chi connectivity index (χ4v) is 2.58. The normalized spacial score (nSPS) is 10.2. The topological polar surface area (TPSA) is 77.5 Å². The van der Waals surface area contributed by atoms with Gasteiger partial charge in [0, 0.05) is 6.42 Å². The number of methoxy groups -OCH3 is 2. The molecule has 1 aromatic heterocycles. The summed E-state index contributed by atoms with van der Waals surface area (Å²) in [5, 5.41) is 2.91. The fraction of sp³-hybridized carbons (Fsp3) is 0.267. The van der Waals surface area contributed by atoms with Gasteiger partial charge < -0.3 is 14.8 Å². The number of carbonyl (C=O) groups excluding carboxylic acids is 2. The molecule has 2 aromatic rings. The third kappa shape index (κ3) is 4.49. The van der Waals surface area contributed by atoms with Crippen LogP contribution in [0.2, 0.25) is 0 Å². The van der Waals surface area contributed by atoms with Crippen molar-refractivity contribution in [1.29, 1.82) is 0 Å². The molecule has 1 amide bonds. The fourth-order valence-electron chi connectivity index (χ4n) is 1.83. The van der Waals surface area contributed by atoms with Gasteiger partial charge in [-0.2, -0.15) is 0 Å². The Morgan fingerprint density at radius 3 is 2.78 bits per heavy atom. The Balaban J connectivity index is 1.89. The zero-order valence-electron chi connectivity index (χ0n) is 12.6. The zero-order valence-corrected chi connectivity index (χ0v) is 13.4. The number of rotatable bonds is 6. The Morgan fingerprint density at radius 1 is 1.35 bits per heavy atom. The summed E-state index contributed by atoms with van der Waals surface area (Å²) in [6.45, 7) is 0. The number of hydrogen-bond donors (Lipinski definition) is 1. The average molecular weight is 338 g/mol. The molecule has 0 aliphatic carbocycles. The minimum Gasteiger partial charge on any atom is -0.494 e. The van der Waals surface area contributed by atoms with E-state index in [0.717, 1.165) is 11.3 Å². The van der Waals surface area contributed by atoms with Crippen LogP contribution in [0.5, 0.6) is 5.75 Å². The Bertz CT molecular complexity index is 717.